The number of hydrogen-bond donors (Lipinski definition) is 0. The number of esters is 1. The van der Waals surface area contributed by atoms with Crippen LogP contribution in [-0.2, 0) is 32.2 Å². The van der Waals surface area contributed by atoms with Crippen molar-refractivity contribution in [1.82, 2.24) is 19.1 Å². The highest BCUT2D eigenvalue weighted by atomic mass is 32.2. The molecular formula is C24H21F3N4O4S. The minimum atomic E-state index is -4.69. The molecule has 8 nitrogen and oxygen atoms in total. The maximum atomic E-state index is 13.4. The fourth-order valence-corrected chi connectivity index (χ4v) is 6.40. The van der Waals surface area contributed by atoms with Gasteiger partial charge in [-0.1, -0.05) is 6.07 Å². The highest BCUT2D eigenvalue weighted by Crippen LogP contribution is 2.46. The van der Waals surface area contributed by atoms with E-state index in [9.17, 15) is 26.4 Å². The SMILES string of the molecule is COC(=O)C12Cc3cnn(-c4cccnc4)c3C=C1CCN(S(=O)(=O)c1cccc(C(F)(F)F)c1)C2. The van der Waals surface area contributed by atoms with Crippen molar-refractivity contribution in [2.45, 2.75) is 23.9 Å². The topological polar surface area (TPSA) is 94.4 Å². The minimum absolute atomic E-state index is 0.000477. The van der Waals surface area contributed by atoms with E-state index in [2.05, 4.69) is 10.1 Å². The van der Waals surface area contributed by atoms with Crippen molar-refractivity contribution in [3.8, 4) is 5.69 Å². The lowest BCUT2D eigenvalue weighted by Crippen LogP contribution is -2.53. The summed E-state index contributed by atoms with van der Waals surface area (Å²) in [7, 11) is -3.10. The van der Waals surface area contributed by atoms with Crippen LogP contribution in [0.15, 0.2) is 65.5 Å². The predicted molar refractivity (Wildman–Crippen MR) is 122 cm³/mol. The van der Waals surface area contributed by atoms with Crippen LogP contribution < -0.4 is 0 Å². The molecular weight excluding hydrogens is 497 g/mol. The van der Waals surface area contributed by atoms with Crippen molar-refractivity contribution in [3.05, 3.63) is 77.4 Å². The van der Waals surface area contributed by atoms with Crippen molar-refractivity contribution in [3.63, 3.8) is 0 Å². The molecule has 0 spiro atoms. The average Bonchev–Trinajstić information content (AvgIpc) is 3.28. The van der Waals surface area contributed by atoms with E-state index in [1.807, 2.05) is 12.1 Å². The second-order valence-electron chi connectivity index (χ2n) is 8.71. The summed E-state index contributed by atoms with van der Waals surface area (Å²) in [5.74, 6) is -0.613. The Morgan fingerprint density at radius 3 is 2.67 bits per heavy atom. The van der Waals surface area contributed by atoms with Gasteiger partial charge in [0.05, 0.1) is 41.3 Å². The highest BCUT2D eigenvalue weighted by Gasteiger charge is 2.52. The molecule has 36 heavy (non-hydrogen) atoms. The van der Waals surface area contributed by atoms with Crippen LogP contribution in [-0.4, -0.2) is 53.7 Å². The van der Waals surface area contributed by atoms with Crippen LogP contribution >= 0.6 is 0 Å². The molecule has 1 aromatic carbocycles. The molecule has 3 aromatic rings. The third-order valence-corrected chi connectivity index (χ3v) is 8.49. The number of alkyl halides is 3. The third-order valence-electron chi connectivity index (χ3n) is 6.65. The van der Waals surface area contributed by atoms with Crippen LogP contribution in [0.25, 0.3) is 11.8 Å². The van der Waals surface area contributed by atoms with Crippen molar-refractivity contribution >= 4 is 22.1 Å². The van der Waals surface area contributed by atoms with Crippen LogP contribution in [0.2, 0.25) is 0 Å². The number of pyridine rings is 1. The minimum Gasteiger partial charge on any atom is -0.468 e. The van der Waals surface area contributed by atoms with Gasteiger partial charge in [0.1, 0.15) is 5.41 Å². The molecule has 0 bridgehead atoms. The number of ether oxygens (including phenoxy) is 1. The van der Waals surface area contributed by atoms with Gasteiger partial charge in [0, 0.05) is 19.3 Å². The van der Waals surface area contributed by atoms with Crippen LogP contribution in [0.5, 0.6) is 0 Å². The number of sulfonamides is 1. The van der Waals surface area contributed by atoms with Gasteiger partial charge in [0.2, 0.25) is 10.0 Å². The molecule has 2 aliphatic rings. The zero-order valence-electron chi connectivity index (χ0n) is 19.1. The summed E-state index contributed by atoms with van der Waals surface area (Å²) in [4.78, 5) is 16.8. The average molecular weight is 519 g/mol. The van der Waals surface area contributed by atoms with Gasteiger partial charge in [-0.05, 0) is 60.4 Å². The van der Waals surface area contributed by atoms with Crippen molar-refractivity contribution < 1.29 is 31.1 Å². The van der Waals surface area contributed by atoms with E-state index >= 15 is 0 Å². The first-order valence-electron chi connectivity index (χ1n) is 11.0. The molecule has 5 rings (SSSR count). The number of nitrogens with zero attached hydrogens (tertiary/aromatic N) is 4. The lowest BCUT2D eigenvalue weighted by molar-refractivity contribution is -0.151. The fourth-order valence-electron chi connectivity index (χ4n) is 4.85. The van der Waals surface area contributed by atoms with E-state index in [1.54, 1.807) is 29.3 Å². The van der Waals surface area contributed by atoms with Gasteiger partial charge in [-0.2, -0.15) is 22.6 Å². The molecule has 0 radical (unpaired) electrons. The summed E-state index contributed by atoms with van der Waals surface area (Å²) in [6.07, 6.45) is 2.37. The number of carbonyl (C=O) groups excluding carboxylic acids is 1. The molecule has 1 fully saturated rings. The van der Waals surface area contributed by atoms with E-state index in [1.165, 1.54) is 7.11 Å². The van der Waals surface area contributed by atoms with E-state index in [4.69, 9.17) is 4.74 Å². The Hall–Kier alpha value is -3.51. The summed E-state index contributed by atoms with van der Waals surface area (Å²) >= 11 is 0. The van der Waals surface area contributed by atoms with Gasteiger partial charge in [-0.25, -0.2) is 13.1 Å². The number of halogens is 3. The first-order chi connectivity index (χ1) is 17.1. The molecule has 1 atom stereocenters. The molecule has 1 aliphatic carbocycles. The van der Waals surface area contributed by atoms with Crippen molar-refractivity contribution in [1.29, 1.82) is 0 Å². The zero-order valence-corrected chi connectivity index (χ0v) is 19.9. The van der Waals surface area contributed by atoms with Crippen LogP contribution in [0.1, 0.15) is 23.2 Å². The quantitative estimate of drug-likeness (QED) is 0.491. The summed E-state index contributed by atoms with van der Waals surface area (Å²) in [6, 6.07) is 7.22. The number of aromatic nitrogens is 3. The molecule has 1 saturated heterocycles. The second-order valence-corrected chi connectivity index (χ2v) is 10.7. The second kappa shape index (κ2) is 8.56. The first kappa shape index (κ1) is 24.2. The number of methoxy groups -OCH3 is 1. The lowest BCUT2D eigenvalue weighted by Gasteiger charge is -2.43. The maximum Gasteiger partial charge on any atom is 0.416 e. The molecule has 2 aromatic heterocycles. The Bertz CT molecular complexity index is 1470. The van der Waals surface area contributed by atoms with Crippen molar-refractivity contribution in [2.24, 2.45) is 5.41 Å². The third kappa shape index (κ3) is 3.90. The Balaban J connectivity index is 1.54. The number of hydrogen-bond acceptors (Lipinski definition) is 6. The number of rotatable bonds is 4. The number of benzene rings is 1. The Labute approximate surface area is 205 Å². The standard InChI is InChI=1S/C24H21F3N4O4S/c1-35-22(32)23-12-16-13-29-31(19-5-3-8-28-14-19)21(16)11-17(23)7-9-30(15-23)36(33,34)20-6-2-4-18(10-20)24(25,26)27/h2-6,8,10-11,13-14H,7,9,12,15H2,1H3. The maximum absolute atomic E-state index is 13.4. The smallest absolute Gasteiger partial charge is 0.416 e. The van der Waals surface area contributed by atoms with Gasteiger partial charge in [-0.3, -0.25) is 9.78 Å². The largest absolute Gasteiger partial charge is 0.468 e. The molecule has 3 heterocycles. The summed E-state index contributed by atoms with van der Waals surface area (Å²) in [6.45, 7) is -0.263. The number of carbonyl (C=O) groups is 1. The van der Waals surface area contributed by atoms with Gasteiger partial charge < -0.3 is 4.74 Å². The van der Waals surface area contributed by atoms with Crippen molar-refractivity contribution in [2.75, 3.05) is 20.2 Å². The van der Waals surface area contributed by atoms with E-state index in [-0.39, 0.29) is 25.9 Å². The summed E-state index contributed by atoms with van der Waals surface area (Å²) < 4.78 is 74.3. The molecule has 1 unspecified atom stereocenters. The summed E-state index contributed by atoms with van der Waals surface area (Å²) in [5, 5.41) is 4.43. The molecule has 0 amide bonds. The van der Waals surface area contributed by atoms with Crippen LogP contribution in [0.4, 0.5) is 13.2 Å². The van der Waals surface area contributed by atoms with Gasteiger partial charge in [0.15, 0.2) is 0 Å². The Morgan fingerprint density at radius 1 is 1.17 bits per heavy atom. The van der Waals surface area contributed by atoms with E-state index < -0.39 is 38.0 Å². The highest BCUT2D eigenvalue weighted by molar-refractivity contribution is 7.89. The van der Waals surface area contributed by atoms with E-state index in [0.717, 1.165) is 33.9 Å². The lowest BCUT2D eigenvalue weighted by atomic mass is 9.69. The molecule has 0 N–H and O–H groups in total. The molecule has 0 saturated carbocycles. The normalized spacial score (nSPS) is 20.3. The monoisotopic (exact) mass is 518 g/mol. The Kier molecular flexibility index (Phi) is 5.75. The van der Waals surface area contributed by atoms with Gasteiger partial charge >= 0.3 is 12.1 Å². The molecule has 188 valence electrons. The Morgan fingerprint density at radius 2 is 1.97 bits per heavy atom. The van der Waals surface area contributed by atoms with Crippen LogP contribution in [0, 0.1) is 5.41 Å². The number of fused-ring (bicyclic) bond motifs is 2. The van der Waals surface area contributed by atoms with E-state index in [0.29, 0.717) is 17.2 Å². The predicted octanol–water partition coefficient (Wildman–Crippen LogP) is 3.48. The molecule has 12 heteroatoms. The van der Waals surface area contributed by atoms with Crippen LogP contribution in [0.3, 0.4) is 0 Å². The summed E-state index contributed by atoms with van der Waals surface area (Å²) in [5.41, 5.74) is 0.498. The molecule has 1 aliphatic heterocycles. The number of piperidine rings is 1. The fraction of sp³-hybridized carbons (Fsp3) is 0.292. The van der Waals surface area contributed by atoms with Gasteiger partial charge in [-0.15, -0.1) is 0 Å². The van der Waals surface area contributed by atoms with Gasteiger partial charge in [0.25, 0.3) is 0 Å². The zero-order chi connectivity index (χ0) is 25.7. The first-order valence-corrected chi connectivity index (χ1v) is 12.4.